The molecule has 0 aliphatic carbocycles. The lowest BCUT2D eigenvalue weighted by Gasteiger charge is -2.07. The Morgan fingerprint density at radius 2 is 1.59 bits per heavy atom. The van der Waals surface area contributed by atoms with Crippen LogP contribution < -0.4 is 14.9 Å². The minimum Gasteiger partial charge on any atom is -0.493 e. The first kappa shape index (κ1) is 19.3. The van der Waals surface area contributed by atoms with Crippen LogP contribution in [-0.2, 0) is 0 Å². The minimum absolute atomic E-state index is 0.264. The molecule has 1 amide bonds. The van der Waals surface area contributed by atoms with E-state index in [0.29, 0.717) is 17.1 Å². The van der Waals surface area contributed by atoms with Crippen LogP contribution >= 0.6 is 0 Å². The summed E-state index contributed by atoms with van der Waals surface area (Å²) in [6.45, 7) is 0. The molecule has 2 aromatic rings. The molecule has 0 spiro atoms. The summed E-state index contributed by atoms with van der Waals surface area (Å²) in [5, 5.41) is 25.5. The molecule has 11 heteroatoms. The van der Waals surface area contributed by atoms with E-state index in [1.54, 1.807) is 18.2 Å². The molecule has 11 nitrogen and oxygen atoms in total. The largest absolute Gasteiger partial charge is 0.493 e. The lowest BCUT2D eigenvalue weighted by molar-refractivity contribution is -0.394. The lowest BCUT2D eigenvalue weighted by Crippen LogP contribution is -2.18. The maximum Gasteiger partial charge on any atom is 0.277 e. The Hall–Kier alpha value is -4.02. The molecule has 0 radical (unpaired) electrons. The lowest BCUT2D eigenvalue weighted by atomic mass is 10.1. The molecule has 0 unspecified atom stereocenters. The van der Waals surface area contributed by atoms with Crippen LogP contribution in [0.1, 0.15) is 15.9 Å². The Kier molecular flexibility index (Phi) is 5.99. The average molecular weight is 374 g/mol. The zero-order valence-electron chi connectivity index (χ0n) is 14.2. The fourth-order valence-corrected chi connectivity index (χ4v) is 2.10. The number of carbonyl (C=O) groups excluding carboxylic acids is 1. The number of amides is 1. The summed E-state index contributed by atoms with van der Waals surface area (Å²) < 4.78 is 10.2. The number of carbonyl (C=O) groups is 1. The van der Waals surface area contributed by atoms with Crippen molar-refractivity contribution in [2.75, 3.05) is 14.2 Å². The first-order chi connectivity index (χ1) is 12.8. The standard InChI is InChI=1S/C16H14N4O7/c1-26-14-4-3-10(5-15(14)27-2)9-17-18-16(21)11-6-12(19(22)23)8-13(7-11)20(24)25/h3-9H,1-2H3,(H,18,21)/b17-9-. The molecule has 0 aliphatic heterocycles. The maximum absolute atomic E-state index is 12.1. The van der Waals surface area contributed by atoms with Crippen LogP contribution in [0.15, 0.2) is 41.5 Å². The van der Waals surface area contributed by atoms with Gasteiger partial charge in [0, 0.05) is 12.1 Å². The number of benzene rings is 2. The van der Waals surface area contributed by atoms with E-state index in [9.17, 15) is 25.0 Å². The molecular formula is C16H14N4O7. The van der Waals surface area contributed by atoms with E-state index in [0.717, 1.165) is 18.2 Å². The highest BCUT2D eigenvalue weighted by Gasteiger charge is 2.19. The second-order valence-electron chi connectivity index (χ2n) is 5.07. The zero-order chi connectivity index (χ0) is 20.0. The van der Waals surface area contributed by atoms with Gasteiger partial charge in [-0.05, 0) is 23.8 Å². The van der Waals surface area contributed by atoms with Gasteiger partial charge in [-0.15, -0.1) is 0 Å². The molecule has 0 bridgehead atoms. The number of nitrogens with zero attached hydrogens (tertiary/aromatic N) is 3. The third-order valence-electron chi connectivity index (χ3n) is 3.37. The summed E-state index contributed by atoms with van der Waals surface area (Å²) in [7, 11) is 2.96. The van der Waals surface area contributed by atoms with Crippen molar-refractivity contribution in [2.24, 2.45) is 5.10 Å². The van der Waals surface area contributed by atoms with E-state index in [1.807, 2.05) is 0 Å². The molecule has 140 valence electrons. The van der Waals surface area contributed by atoms with Gasteiger partial charge >= 0.3 is 0 Å². The summed E-state index contributed by atoms with van der Waals surface area (Å²) in [4.78, 5) is 32.2. The molecule has 1 N–H and O–H groups in total. The number of hydrogen-bond acceptors (Lipinski definition) is 8. The smallest absolute Gasteiger partial charge is 0.277 e. The Bertz CT molecular complexity index is 895. The van der Waals surface area contributed by atoms with Crippen molar-refractivity contribution in [3.05, 3.63) is 67.8 Å². The van der Waals surface area contributed by atoms with Crippen LogP contribution in [0.3, 0.4) is 0 Å². The number of hydrogen-bond donors (Lipinski definition) is 1. The van der Waals surface area contributed by atoms with Crippen molar-refractivity contribution in [2.45, 2.75) is 0 Å². The van der Waals surface area contributed by atoms with Gasteiger partial charge < -0.3 is 9.47 Å². The van der Waals surface area contributed by atoms with Gasteiger partial charge in [-0.3, -0.25) is 25.0 Å². The van der Waals surface area contributed by atoms with Crippen LogP contribution in [-0.4, -0.2) is 36.2 Å². The summed E-state index contributed by atoms with van der Waals surface area (Å²) in [5.41, 5.74) is 1.33. The molecule has 0 aromatic heterocycles. The predicted octanol–water partition coefficient (Wildman–Crippen LogP) is 2.28. The highest BCUT2D eigenvalue weighted by atomic mass is 16.6. The molecule has 0 heterocycles. The Morgan fingerprint density at radius 3 is 2.11 bits per heavy atom. The normalized spacial score (nSPS) is 10.4. The minimum atomic E-state index is -0.835. The van der Waals surface area contributed by atoms with Crippen molar-refractivity contribution >= 4 is 23.5 Å². The second-order valence-corrected chi connectivity index (χ2v) is 5.07. The summed E-state index contributed by atoms with van der Waals surface area (Å²) in [6.07, 6.45) is 1.31. The van der Waals surface area contributed by atoms with Gasteiger partial charge in [-0.2, -0.15) is 5.10 Å². The van der Waals surface area contributed by atoms with E-state index < -0.39 is 27.1 Å². The van der Waals surface area contributed by atoms with Gasteiger partial charge in [0.05, 0.1) is 41.9 Å². The van der Waals surface area contributed by atoms with Crippen molar-refractivity contribution in [1.29, 1.82) is 0 Å². The quantitative estimate of drug-likeness (QED) is 0.444. The van der Waals surface area contributed by atoms with Crippen molar-refractivity contribution < 1.29 is 24.1 Å². The van der Waals surface area contributed by atoms with E-state index in [4.69, 9.17) is 9.47 Å². The first-order valence-corrected chi connectivity index (χ1v) is 7.35. The Morgan fingerprint density at radius 1 is 1.00 bits per heavy atom. The number of nitro groups is 2. The number of rotatable bonds is 7. The molecule has 0 atom stereocenters. The molecule has 0 aliphatic rings. The fourth-order valence-electron chi connectivity index (χ4n) is 2.10. The molecule has 0 saturated carbocycles. The van der Waals surface area contributed by atoms with Crippen molar-refractivity contribution in [3.63, 3.8) is 0 Å². The van der Waals surface area contributed by atoms with E-state index in [-0.39, 0.29) is 5.56 Å². The van der Waals surface area contributed by atoms with Gasteiger partial charge in [-0.25, -0.2) is 5.43 Å². The molecule has 0 saturated heterocycles. The third kappa shape index (κ3) is 4.75. The maximum atomic E-state index is 12.1. The molecule has 27 heavy (non-hydrogen) atoms. The molecule has 2 rings (SSSR count). The number of nitro benzene ring substituents is 2. The topological polar surface area (TPSA) is 146 Å². The van der Waals surface area contributed by atoms with E-state index in [1.165, 1.54) is 20.4 Å². The van der Waals surface area contributed by atoms with Gasteiger partial charge in [-0.1, -0.05) is 0 Å². The van der Waals surface area contributed by atoms with Crippen LogP contribution in [0.4, 0.5) is 11.4 Å². The van der Waals surface area contributed by atoms with Crippen LogP contribution in [0.2, 0.25) is 0 Å². The second kappa shape index (κ2) is 8.38. The summed E-state index contributed by atoms with van der Waals surface area (Å²) in [6, 6.07) is 7.54. The van der Waals surface area contributed by atoms with E-state index >= 15 is 0 Å². The summed E-state index contributed by atoms with van der Waals surface area (Å²) >= 11 is 0. The number of nitrogens with one attached hydrogen (secondary N) is 1. The van der Waals surface area contributed by atoms with Crippen LogP contribution in [0.5, 0.6) is 11.5 Å². The average Bonchev–Trinajstić information content (AvgIpc) is 2.67. The molecular weight excluding hydrogens is 360 g/mol. The Balaban J connectivity index is 2.19. The van der Waals surface area contributed by atoms with Gasteiger partial charge in [0.1, 0.15) is 0 Å². The predicted molar refractivity (Wildman–Crippen MR) is 94.4 cm³/mol. The van der Waals surface area contributed by atoms with E-state index in [2.05, 4.69) is 10.5 Å². The van der Waals surface area contributed by atoms with Gasteiger partial charge in [0.2, 0.25) is 0 Å². The highest BCUT2D eigenvalue weighted by molar-refractivity contribution is 5.96. The van der Waals surface area contributed by atoms with Crippen molar-refractivity contribution in [1.82, 2.24) is 5.43 Å². The number of hydrazone groups is 1. The van der Waals surface area contributed by atoms with Gasteiger partial charge in [0.25, 0.3) is 17.3 Å². The zero-order valence-corrected chi connectivity index (χ0v) is 14.2. The number of non-ortho nitro benzene ring substituents is 2. The number of methoxy groups -OCH3 is 2. The van der Waals surface area contributed by atoms with Gasteiger partial charge in [0.15, 0.2) is 11.5 Å². The highest BCUT2D eigenvalue weighted by Crippen LogP contribution is 2.27. The molecule has 0 fully saturated rings. The summed E-state index contributed by atoms with van der Waals surface area (Å²) in [5.74, 6) is 0.142. The fraction of sp³-hybridized carbons (Fsp3) is 0.125. The first-order valence-electron chi connectivity index (χ1n) is 7.35. The van der Waals surface area contributed by atoms with Crippen LogP contribution in [0, 0.1) is 20.2 Å². The Labute approximate surface area is 152 Å². The van der Waals surface area contributed by atoms with Crippen molar-refractivity contribution in [3.8, 4) is 11.5 Å². The number of ether oxygens (including phenoxy) is 2. The SMILES string of the molecule is COc1ccc(/C=N\NC(=O)c2cc([N+](=O)[O-])cc([N+](=O)[O-])c2)cc1OC. The van der Waals surface area contributed by atoms with Crippen LogP contribution in [0.25, 0.3) is 0 Å². The third-order valence-corrected chi connectivity index (χ3v) is 3.37. The monoisotopic (exact) mass is 374 g/mol. The molecule has 2 aromatic carbocycles.